The molecule has 0 saturated heterocycles. The van der Waals surface area contributed by atoms with Gasteiger partial charge in [0.05, 0.1) is 19.5 Å². The fourth-order valence-corrected chi connectivity index (χ4v) is 1.54. The topological polar surface area (TPSA) is 48.3 Å². The molecule has 1 rings (SSSR count). The van der Waals surface area contributed by atoms with Crippen LogP contribution in [0.15, 0.2) is 18.7 Å². The van der Waals surface area contributed by atoms with Gasteiger partial charge in [0.15, 0.2) is 0 Å². The summed E-state index contributed by atoms with van der Waals surface area (Å²) in [7, 11) is 1.68. The second-order valence-corrected chi connectivity index (χ2v) is 4.07. The van der Waals surface area contributed by atoms with Gasteiger partial charge in [-0.25, -0.2) is 4.98 Å². The molecule has 98 valence electrons. The highest BCUT2D eigenvalue weighted by atomic mass is 16.5. The van der Waals surface area contributed by atoms with Gasteiger partial charge in [-0.1, -0.05) is 0 Å². The highest BCUT2D eigenvalue weighted by Crippen LogP contribution is 1.92. The number of methoxy groups -OCH3 is 1. The second kappa shape index (κ2) is 9.15. The molecular weight excluding hydrogens is 218 g/mol. The molecule has 0 spiro atoms. The fraction of sp³-hybridized carbons (Fsp3) is 0.750. The minimum atomic E-state index is 0.447. The summed E-state index contributed by atoms with van der Waals surface area (Å²) in [6, 6.07) is 0.447. The average molecular weight is 241 g/mol. The summed E-state index contributed by atoms with van der Waals surface area (Å²) < 4.78 is 12.4. The van der Waals surface area contributed by atoms with Crippen molar-refractivity contribution >= 4 is 0 Å². The Balaban J connectivity index is 1.92. The molecule has 1 N–H and O–H groups in total. The summed E-state index contributed by atoms with van der Waals surface area (Å²) in [6.45, 7) is 6.23. The number of aromatic nitrogens is 2. The van der Waals surface area contributed by atoms with Crippen LogP contribution in [0.2, 0.25) is 0 Å². The van der Waals surface area contributed by atoms with Gasteiger partial charge < -0.3 is 19.4 Å². The number of nitrogens with zero attached hydrogens (tertiary/aromatic N) is 2. The Labute approximate surface area is 103 Å². The Morgan fingerprint density at radius 1 is 1.35 bits per heavy atom. The highest BCUT2D eigenvalue weighted by molar-refractivity contribution is 4.76. The lowest BCUT2D eigenvalue weighted by Gasteiger charge is -2.14. The fourth-order valence-electron chi connectivity index (χ4n) is 1.54. The number of ether oxygens (including phenoxy) is 2. The summed E-state index contributed by atoms with van der Waals surface area (Å²) in [5.41, 5.74) is 0. The second-order valence-electron chi connectivity index (χ2n) is 4.07. The molecule has 0 amide bonds. The van der Waals surface area contributed by atoms with Crippen molar-refractivity contribution in [2.75, 3.05) is 33.5 Å². The highest BCUT2D eigenvalue weighted by Gasteiger charge is 2.01. The first kappa shape index (κ1) is 14.2. The molecule has 1 unspecified atom stereocenters. The van der Waals surface area contributed by atoms with Crippen LogP contribution >= 0.6 is 0 Å². The number of imidazole rings is 1. The molecule has 5 heteroatoms. The molecule has 0 aromatic carbocycles. The van der Waals surface area contributed by atoms with Crippen LogP contribution < -0.4 is 5.32 Å². The molecule has 0 saturated carbocycles. The summed E-state index contributed by atoms with van der Waals surface area (Å²) in [5.74, 6) is 0. The molecule has 0 aliphatic rings. The van der Waals surface area contributed by atoms with E-state index in [4.69, 9.17) is 9.47 Å². The van der Waals surface area contributed by atoms with E-state index in [9.17, 15) is 0 Å². The van der Waals surface area contributed by atoms with Crippen LogP contribution in [0.5, 0.6) is 0 Å². The van der Waals surface area contributed by atoms with Crippen LogP contribution in [0, 0.1) is 0 Å². The van der Waals surface area contributed by atoms with Gasteiger partial charge in [0.25, 0.3) is 0 Å². The molecular formula is C12H23N3O2. The number of nitrogens with one attached hydrogen (secondary N) is 1. The minimum Gasteiger partial charge on any atom is -0.382 e. The zero-order valence-corrected chi connectivity index (χ0v) is 10.8. The van der Waals surface area contributed by atoms with Crippen LogP contribution in [0.4, 0.5) is 0 Å². The molecule has 17 heavy (non-hydrogen) atoms. The maximum Gasteiger partial charge on any atom is 0.0946 e. The lowest BCUT2D eigenvalue weighted by molar-refractivity contribution is 0.0692. The van der Waals surface area contributed by atoms with E-state index >= 15 is 0 Å². The Morgan fingerprint density at radius 3 is 2.94 bits per heavy atom. The maximum atomic E-state index is 5.38. The van der Waals surface area contributed by atoms with Gasteiger partial charge in [-0.15, -0.1) is 0 Å². The first-order chi connectivity index (χ1) is 8.33. The first-order valence-electron chi connectivity index (χ1n) is 6.08. The van der Waals surface area contributed by atoms with E-state index in [2.05, 4.69) is 21.8 Å². The summed E-state index contributed by atoms with van der Waals surface area (Å²) in [4.78, 5) is 4.02. The largest absolute Gasteiger partial charge is 0.382 e. The number of rotatable bonds is 10. The van der Waals surface area contributed by atoms with Gasteiger partial charge in [0.2, 0.25) is 0 Å². The van der Waals surface area contributed by atoms with Gasteiger partial charge >= 0.3 is 0 Å². The quantitative estimate of drug-likeness (QED) is 0.619. The van der Waals surface area contributed by atoms with Crippen molar-refractivity contribution in [3.63, 3.8) is 0 Å². The van der Waals surface area contributed by atoms with Crippen molar-refractivity contribution < 1.29 is 9.47 Å². The van der Waals surface area contributed by atoms with Crippen molar-refractivity contribution in [3.8, 4) is 0 Å². The monoisotopic (exact) mass is 241 g/mol. The summed E-state index contributed by atoms with van der Waals surface area (Å²) in [6.07, 6.45) is 6.65. The normalized spacial score (nSPS) is 12.8. The zero-order valence-electron chi connectivity index (χ0n) is 10.8. The molecule has 1 aromatic rings. The van der Waals surface area contributed by atoms with Crippen molar-refractivity contribution in [2.45, 2.75) is 25.9 Å². The van der Waals surface area contributed by atoms with Crippen molar-refractivity contribution in [1.82, 2.24) is 14.9 Å². The lowest BCUT2D eigenvalue weighted by atomic mass is 10.3. The van der Waals surface area contributed by atoms with Gasteiger partial charge in [-0.2, -0.15) is 0 Å². The molecule has 5 nitrogen and oxygen atoms in total. The van der Waals surface area contributed by atoms with E-state index in [1.54, 1.807) is 13.3 Å². The van der Waals surface area contributed by atoms with Gasteiger partial charge in [-0.05, 0) is 19.9 Å². The third-order valence-corrected chi connectivity index (χ3v) is 2.43. The van der Waals surface area contributed by atoms with E-state index in [1.165, 1.54) is 0 Å². The molecule has 1 heterocycles. The molecule has 0 radical (unpaired) electrons. The third-order valence-electron chi connectivity index (χ3n) is 2.43. The molecule has 0 bridgehead atoms. The molecule has 1 atom stereocenters. The number of hydrogen-bond acceptors (Lipinski definition) is 4. The Morgan fingerprint density at radius 2 is 2.24 bits per heavy atom. The predicted octanol–water partition coefficient (Wildman–Crippen LogP) is 0.914. The smallest absolute Gasteiger partial charge is 0.0946 e. The lowest BCUT2D eigenvalue weighted by Crippen LogP contribution is -2.31. The van der Waals surface area contributed by atoms with Crippen LogP contribution in [0.25, 0.3) is 0 Å². The van der Waals surface area contributed by atoms with Crippen LogP contribution in [-0.4, -0.2) is 49.1 Å². The average Bonchev–Trinajstić information content (AvgIpc) is 2.80. The summed E-state index contributed by atoms with van der Waals surface area (Å²) >= 11 is 0. The Bertz CT molecular complexity index is 265. The van der Waals surface area contributed by atoms with E-state index in [1.807, 2.05) is 12.5 Å². The van der Waals surface area contributed by atoms with Crippen molar-refractivity contribution in [3.05, 3.63) is 18.7 Å². The van der Waals surface area contributed by atoms with E-state index in [0.29, 0.717) is 19.3 Å². The standard InChI is InChI=1S/C12H23N3O2/c1-12(10-15-6-5-13-11-15)14-4-3-7-17-9-8-16-2/h5-6,11-12,14H,3-4,7-10H2,1-2H3. The maximum absolute atomic E-state index is 5.38. The van der Waals surface area contributed by atoms with Gasteiger partial charge in [-0.3, -0.25) is 0 Å². The van der Waals surface area contributed by atoms with Crippen LogP contribution in [0.3, 0.4) is 0 Å². The third kappa shape index (κ3) is 7.10. The SMILES string of the molecule is COCCOCCCNC(C)Cn1ccnc1. The van der Waals surface area contributed by atoms with Crippen molar-refractivity contribution in [2.24, 2.45) is 0 Å². The summed E-state index contributed by atoms with van der Waals surface area (Å²) in [5, 5.41) is 3.45. The van der Waals surface area contributed by atoms with E-state index < -0.39 is 0 Å². The molecule has 0 fully saturated rings. The van der Waals surface area contributed by atoms with Crippen molar-refractivity contribution in [1.29, 1.82) is 0 Å². The van der Waals surface area contributed by atoms with E-state index in [0.717, 1.165) is 26.1 Å². The Kier molecular flexibility index (Phi) is 7.62. The molecule has 0 aliphatic heterocycles. The zero-order chi connectivity index (χ0) is 12.3. The molecule has 0 aliphatic carbocycles. The van der Waals surface area contributed by atoms with Gasteiger partial charge in [0, 0.05) is 38.7 Å². The van der Waals surface area contributed by atoms with Crippen LogP contribution in [0.1, 0.15) is 13.3 Å². The Hall–Kier alpha value is -0.910. The minimum absolute atomic E-state index is 0.447. The first-order valence-corrected chi connectivity index (χ1v) is 6.08. The van der Waals surface area contributed by atoms with Gasteiger partial charge in [0.1, 0.15) is 0 Å². The van der Waals surface area contributed by atoms with Crippen LogP contribution in [-0.2, 0) is 16.0 Å². The molecule has 1 aromatic heterocycles. The predicted molar refractivity (Wildman–Crippen MR) is 67.0 cm³/mol. The van der Waals surface area contributed by atoms with E-state index in [-0.39, 0.29) is 0 Å². The number of hydrogen-bond donors (Lipinski definition) is 1.